The SMILES string of the molecule is Cc1ccc2c(N)c(C(=O)NCC3CCN(C)C3)sc2c1. The molecule has 0 saturated carbocycles. The molecule has 1 aliphatic rings. The molecule has 1 aromatic carbocycles. The van der Waals surface area contributed by atoms with E-state index in [1.165, 1.54) is 16.9 Å². The minimum atomic E-state index is -0.0408. The van der Waals surface area contributed by atoms with Crippen molar-refractivity contribution in [3.8, 4) is 0 Å². The van der Waals surface area contributed by atoms with Gasteiger partial charge in [0, 0.05) is 23.2 Å². The van der Waals surface area contributed by atoms with E-state index in [-0.39, 0.29) is 5.91 Å². The van der Waals surface area contributed by atoms with Crippen LogP contribution >= 0.6 is 11.3 Å². The Labute approximate surface area is 128 Å². The van der Waals surface area contributed by atoms with Crippen LogP contribution in [0.15, 0.2) is 18.2 Å². The summed E-state index contributed by atoms with van der Waals surface area (Å²) < 4.78 is 1.08. The number of rotatable bonds is 3. The normalized spacial score (nSPS) is 19.2. The van der Waals surface area contributed by atoms with Crippen LogP contribution in [-0.2, 0) is 0 Å². The predicted octanol–water partition coefficient (Wildman–Crippen LogP) is 2.47. The first kappa shape index (κ1) is 14.4. The number of likely N-dealkylation sites (tertiary alicyclic amines) is 1. The van der Waals surface area contributed by atoms with Gasteiger partial charge in [-0.05, 0) is 44.5 Å². The van der Waals surface area contributed by atoms with E-state index in [1.807, 2.05) is 19.1 Å². The number of carbonyl (C=O) groups excluding carboxylic acids is 1. The van der Waals surface area contributed by atoms with Gasteiger partial charge in [0.15, 0.2) is 0 Å². The first-order valence-corrected chi connectivity index (χ1v) is 8.11. The number of anilines is 1. The number of carbonyl (C=O) groups is 1. The Bertz CT molecular complexity index is 679. The molecule has 3 rings (SSSR count). The molecule has 2 aromatic rings. The number of fused-ring (bicyclic) bond motifs is 1. The van der Waals surface area contributed by atoms with Crippen LogP contribution in [0.3, 0.4) is 0 Å². The van der Waals surface area contributed by atoms with Crippen LogP contribution in [0.2, 0.25) is 0 Å². The number of benzene rings is 1. The Morgan fingerprint density at radius 2 is 2.33 bits per heavy atom. The molecule has 112 valence electrons. The molecule has 0 radical (unpaired) electrons. The van der Waals surface area contributed by atoms with Crippen molar-refractivity contribution >= 4 is 33.0 Å². The Kier molecular flexibility index (Phi) is 3.87. The maximum atomic E-state index is 12.4. The van der Waals surface area contributed by atoms with Gasteiger partial charge in [-0.2, -0.15) is 0 Å². The van der Waals surface area contributed by atoms with Crippen molar-refractivity contribution in [2.75, 3.05) is 32.4 Å². The highest BCUT2D eigenvalue weighted by molar-refractivity contribution is 7.21. The highest BCUT2D eigenvalue weighted by Gasteiger charge is 2.21. The quantitative estimate of drug-likeness (QED) is 0.916. The van der Waals surface area contributed by atoms with Crippen molar-refractivity contribution in [2.45, 2.75) is 13.3 Å². The molecule has 3 N–H and O–H groups in total. The van der Waals surface area contributed by atoms with Crippen molar-refractivity contribution in [3.63, 3.8) is 0 Å². The van der Waals surface area contributed by atoms with Gasteiger partial charge in [0.2, 0.25) is 0 Å². The fraction of sp³-hybridized carbons (Fsp3) is 0.438. The number of hydrogen-bond acceptors (Lipinski definition) is 4. The fourth-order valence-electron chi connectivity index (χ4n) is 2.90. The van der Waals surface area contributed by atoms with Crippen molar-refractivity contribution in [3.05, 3.63) is 28.6 Å². The summed E-state index contributed by atoms with van der Waals surface area (Å²) in [6, 6.07) is 6.11. The Morgan fingerprint density at radius 1 is 1.52 bits per heavy atom. The van der Waals surface area contributed by atoms with Gasteiger partial charge in [-0.25, -0.2) is 0 Å². The Balaban J connectivity index is 1.74. The molecule has 1 fully saturated rings. The average molecular weight is 303 g/mol. The third-order valence-corrected chi connectivity index (χ3v) is 5.30. The second-order valence-electron chi connectivity index (χ2n) is 5.97. The van der Waals surface area contributed by atoms with Crippen LogP contribution < -0.4 is 11.1 Å². The molecule has 1 aliphatic heterocycles. The largest absolute Gasteiger partial charge is 0.397 e. The molecule has 1 atom stereocenters. The maximum Gasteiger partial charge on any atom is 0.263 e. The standard InChI is InChI=1S/C16H21N3OS/c1-10-3-4-12-13(7-10)21-15(14(12)17)16(20)18-8-11-5-6-19(2)9-11/h3-4,7,11H,5-6,8-9,17H2,1-2H3,(H,18,20). The van der Waals surface area contributed by atoms with Crippen LogP contribution in [0.4, 0.5) is 5.69 Å². The Hall–Kier alpha value is -1.59. The minimum Gasteiger partial charge on any atom is -0.397 e. The van der Waals surface area contributed by atoms with Crippen molar-refractivity contribution in [2.24, 2.45) is 5.92 Å². The molecule has 0 aliphatic carbocycles. The monoisotopic (exact) mass is 303 g/mol. The second-order valence-corrected chi connectivity index (χ2v) is 7.02. The zero-order valence-corrected chi connectivity index (χ0v) is 13.3. The summed E-state index contributed by atoms with van der Waals surface area (Å²) >= 11 is 1.48. The van der Waals surface area contributed by atoms with E-state index in [2.05, 4.69) is 23.3 Å². The van der Waals surface area contributed by atoms with Crippen LogP contribution in [0.5, 0.6) is 0 Å². The molecule has 4 nitrogen and oxygen atoms in total. The summed E-state index contributed by atoms with van der Waals surface area (Å²) in [5, 5.41) is 4.03. The molecule has 0 spiro atoms. The number of nitrogen functional groups attached to an aromatic ring is 1. The highest BCUT2D eigenvalue weighted by atomic mass is 32.1. The maximum absolute atomic E-state index is 12.4. The third kappa shape index (κ3) is 2.89. The molecular formula is C16H21N3OS. The third-order valence-electron chi connectivity index (χ3n) is 4.13. The molecular weight excluding hydrogens is 282 g/mol. The molecule has 1 saturated heterocycles. The van der Waals surface area contributed by atoms with Gasteiger partial charge < -0.3 is 16.0 Å². The van der Waals surface area contributed by atoms with Crippen molar-refractivity contribution in [1.29, 1.82) is 0 Å². The van der Waals surface area contributed by atoms with Crippen LogP contribution in [0.25, 0.3) is 10.1 Å². The summed E-state index contributed by atoms with van der Waals surface area (Å²) in [6.07, 6.45) is 1.15. The molecule has 5 heteroatoms. The van der Waals surface area contributed by atoms with Crippen molar-refractivity contribution < 1.29 is 4.79 Å². The zero-order valence-electron chi connectivity index (χ0n) is 12.5. The average Bonchev–Trinajstić information content (AvgIpc) is 3.00. The van der Waals surface area contributed by atoms with E-state index in [1.54, 1.807) is 0 Å². The van der Waals surface area contributed by atoms with Gasteiger partial charge in [-0.3, -0.25) is 4.79 Å². The molecule has 21 heavy (non-hydrogen) atoms. The number of nitrogens with two attached hydrogens (primary N) is 1. The zero-order chi connectivity index (χ0) is 15.0. The lowest BCUT2D eigenvalue weighted by Gasteiger charge is -2.11. The molecule has 1 unspecified atom stereocenters. The van der Waals surface area contributed by atoms with E-state index in [0.29, 0.717) is 16.5 Å². The van der Waals surface area contributed by atoms with Gasteiger partial charge in [0.1, 0.15) is 4.88 Å². The summed E-state index contributed by atoms with van der Waals surface area (Å²) in [4.78, 5) is 15.3. The van der Waals surface area contributed by atoms with Crippen LogP contribution in [-0.4, -0.2) is 37.5 Å². The van der Waals surface area contributed by atoms with Crippen molar-refractivity contribution in [1.82, 2.24) is 10.2 Å². The number of hydrogen-bond donors (Lipinski definition) is 2. The second kappa shape index (κ2) is 5.66. The number of amides is 1. The lowest BCUT2D eigenvalue weighted by atomic mass is 10.1. The number of nitrogens with zero attached hydrogens (tertiary/aromatic N) is 1. The fourth-order valence-corrected chi connectivity index (χ4v) is 4.04. The minimum absolute atomic E-state index is 0.0408. The molecule has 1 aromatic heterocycles. The first-order chi connectivity index (χ1) is 10.0. The summed E-state index contributed by atoms with van der Waals surface area (Å²) in [7, 11) is 2.12. The van der Waals surface area contributed by atoms with E-state index >= 15 is 0 Å². The number of nitrogens with one attached hydrogen (secondary N) is 1. The van der Waals surface area contributed by atoms with Gasteiger partial charge in [0.25, 0.3) is 5.91 Å². The summed E-state index contributed by atoms with van der Waals surface area (Å²) in [5.74, 6) is 0.512. The molecule has 1 amide bonds. The van der Waals surface area contributed by atoms with E-state index in [9.17, 15) is 4.79 Å². The lowest BCUT2D eigenvalue weighted by Crippen LogP contribution is -2.30. The van der Waals surface area contributed by atoms with Gasteiger partial charge in [-0.15, -0.1) is 11.3 Å². The number of aryl methyl sites for hydroxylation is 1. The van der Waals surface area contributed by atoms with Gasteiger partial charge in [-0.1, -0.05) is 12.1 Å². The van der Waals surface area contributed by atoms with E-state index < -0.39 is 0 Å². The van der Waals surface area contributed by atoms with E-state index in [4.69, 9.17) is 5.73 Å². The Morgan fingerprint density at radius 3 is 3.05 bits per heavy atom. The summed E-state index contributed by atoms with van der Waals surface area (Å²) in [6.45, 7) is 4.95. The topological polar surface area (TPSA) is 58.4 Å². The highest BCUT2D eigenvalue weighted by Crippen LogP contribution is 2.34. The molecule has 0 bridgehead atoms. The van der Waals surface area contributed by atoms with E-state index in [0.717, 1.165) is 36.1 Å². The van der Waals surface area contributed by atoms with Crippen LogP contribution in [0.1, 0.15) is 21.7 Å². The predicted molar refractivity (Wildman–Crippen MR) is 88.9 cm³/mol. The first-order valence-electron chi connectivity index (χ1n) is 7.30. The lowest BCUT2D eigenvalue weighted by molar-refractivity contribution is 0.0952. The van der Waals surface area contributed by atoms with Gasteiger partial charge in [0.05, 0.1) is 5.69 Å². The number of thiophene rings is 1. The van der Waals surface area contributed by atoms with Crippen LogP contribution in [0, 0.1) is 12.8 Å². The van der Waals surface area contributed by atoms with Gasteiger partial charge >= 0.3 is 0 Å². The summed E-state index contributed by atoms with van der Waals surface area (Å²) in [5.41, 5.74) is 7.93. The smallest absolute Gasteiger partial charge is 0.263 e. The molecule has 2 heterocycles.